The number of nitrogens with zero attached hydrogens (tertiary/aromatic N) is 1. The molecule has 23 heavy (non-hydrogen) atoms. The first-order valence-corrected chi connectivity index (χ1v) is 9.22. The van der Waals surface area contributed by atoms with Crippen LogP contribution in [0.2, 0.25) is 0 Å². The molecule has 1 saturated carbocycles. The van der Waals surface area contributed by atoms with E-state index in [2.05, 4.69) is 42.1 Å². The first kappa shape index (κ1) is 16.2. The summed E-state index contributed by atoms with van der Waals surface area (Å²) in [5.41, 5.74) is 2.61. The van der Waals surface area contributed by atoms with E-state index in [4.69, 9.17) is 9.47 Å². The molecule has 0 N–H and O–H groups in total. The topological polar surface area (TPSA) is 22.3 Å². The van der Waals surface area contributed by atoms with Gasteiger partial charge in [0.2, 0.25) is 5.69 Å². The Bertz CT molecular complexity index is 711. The van der Waals surface area contributed by atoms with Crippen LogP contribution in [0.15, 0.2) is 41.4 Å². The lowest BCUT2D eigenvalue weighted by Crippen LogP contribution is -2.47. The molecule has 4 heteroatoms. The van der Waals surface area contributed by atoms with Gasteiger partial charge >= 0.3 is 0 Å². The Morgan fingerprint density at radius 1 is 1.13 bits per heavy atom. The largest absolute Gasteiger partial charge is 0.497 e. The maximum atomic E-state index is 5.64. The van der Waals surface area contributed by atoms with Crippen LogP contribution in [0, 0.1) is 0 Å². The first-order valence-electron chi connectivity index (χ1n) is 8.00. The van der Waals surface area contributed by atoms with Crippen molar-refractivity contribution in [2.75, 3.05) is 20.5 Å². The minimum absolute atomic E-state index is 0.275. The van der Waals surface area contributed by atoms with Crippen molar-refractivity contribution in [3.05, 3.63) is 36.5 Å². The molecule has 0 spiro atoms. The summed E-state index contributed by atoms with van der Waals surface area (Å²) in [5, 5.41) is 0. The van der Waals surface area contributed by atoms with Crippen LogP contribution in [0.25, 0.3) is 11.3 Å². The van der Waals surface area contributed by atoms with Gasteiger partial charge in [-0.05, 0) is 18.4 Å². The molecule has 0 bridgehead atoms. The van der Waals surface area contributed by atoms with Gasteiger partial charge in [-0.3, -0.25) is 0 Å². The van der Waals surface area contributed by atoms with E-state index in [-0.39, 0.29) is 5.54 Å². The fourth-order valence-electron chi connectivity index (χ4n) is 3.15. The zero-order valence-corrected chi connectivity index (χ0v) is 15.1. The van der Waals surface area contributed by atoms with Gasteiger partial charge in [0, 0.05) is 42.4 Å². The van der Waals surface area contributed by atoms with Gasteiger partial charge in [0.1, 0.15) is 11.5 Å². The minimum Gasteiger partial charge on any atom is -0.497 e. The lowest BCUT2D eigenvalue weighted by molar-refractivity contribution is -0.730. The molecule has 1 aliphatic rings. The number of methoxy groups -OCH3 is 2. The van der Waals surface area contributed by atoms with Crippen molar-refractivity contribution in [1.82, 2.24) is 0 Å². The third kappa shape index (κ3) is 2.92. The molecule has 0 atom stereocenters. The summed E-state index contributed by atoms with van der Waals surface area (Å²) in [6.07, 6.45) is 8.00. The van der Waals surface area contributed by atoms with Crippen molar-refractivity contribution in [3.63, 3.8) is 0 Å². The Balaban J connectivity index is 2.18. The molecule has 1 aliphatic carbocycles. The number of hydrogen-bond acceptors (Lipinski definition) is 3. The Labute approximate surface area is 142 Å². The second-order valence-corrected chi connectivity index (χ2v) is 6.85. The molecule has 1 aromatic heterocycles. The molecule has 2 aromatic rings. The number of benzene rings is 1. The highest BCUT2D eigenvalue weighted by Crippen LogP contribution is 2.44. The molecule has 0 aliphatic heterocycles. The molecular weight excluding hydrogens is 306 g/mol. The molecule has 3 nitrogen and oxygen atoms in total. The summed E-state index contributed by atoms with van der Waals surface area (Å²) in [7, 11) is 3.40. The number of aromatic nitrogens is 1. The van der Waals surface area contributed by atoms with Gasteiger partial charge < -0.3 is 9.47 Å². The fourth-order valence-corrected chi connectivity index (χ4v) is 3.57. The van der Waals surface area contributed by atoms with E-state index in [0.717, 1.165) is 23.5 Å². The van der Waals surface area contributed by atoms with E-state index in [1.165, 1.54) is 23.4 Å². The van der Waals surface area contributed by atoms with E-state index in [1.54, 1.807) is 26.0 Å². The predicted octanol–water partition coefficient (Wildman–Crippen LogP) is 4.28. The second kappa shape index (κ2) is 6.44. The highest BCUT2D eigenvalue weighted by atomic mass is 32.2. The zero-order chi connectivity index (χ0) is 16.4. The predicted molar refractivity (Wildman–Crippen MR) is 94.5 cm³/mol. The highest BCUT2D eigenvalue weighted by Gasteiger charge is 2.52. The second-order valence-electron chi connectivity index (χ2n) is 5.97. The minimum atomic E-state index is 0.275. The molecule has 1 fully saturated rings. The SMILES string of the molecule is CCC1([n+]2ccc(SC)cc2-c2ccc(OC)cc2OC)CC1. The highest BCUT2D eigenvalue weighted by molar-refractivity contribution is 7.98. The number of rotatable bonds is 6. The first-order chi connectivity index (χ1) is 11.2. The summed E-state index contributed by atoms with van der Waals surface area (Å²) in [4.78, 5) is 1.26. The monoisotopic (exact) mass is 330 g/mol. The van der Waals surface area contributed by atoms with Crippen LogP contribution in [0.1, 0.15) is 26.2 Å². The molecule has 0 unspecified atom stereocenters. The Hall–Kier alpha value is -1.68. The van der Waals surface area contributed by atoms with Crippen molar-refractivity contribution in [2.24, 2.45) is 0 Å². The van der Waals surface area contributed by atoms with Crippen LogP contribution in [-0.4, -0.2) is 20.5 Å². The summed E-state index contributed by atoms with van der Waals surface area (Å²) in [6, 6.07) is 10.5. The lowest BCUT2D eigenvalue weighted by atomic mass is 10.1. The third-order valence-corrected chi connectivity index (χ3v) is 5.57. The number of hydrogen-bond donors (Lipinski definition) is 0. The number of pyridine rings is 1. The molecule has 1 aromatic carbocycles. The molecule has 122 valence electrons. The van der Waals surface area contributed by atoms with Gasteiger partial charge in [-0.2, -0.15) is 4.57 Å². The number of thioether (sulfide) groups is 1. The van der Waals surface area contributed by atoms with E-state index >= 15 is 0 Å². The molecule has 0 saturated heterocycles. The maximum absolute atomic E-state index is 5.64. The summed E-state index contributed by atoms with van der Waals surface area (Å²) >= 11 is 1.77. The zero-order valence-electron chi connectivity index (χ0n) is 14.3. The van der Waals surface area contributed by atoms with Crippen LogP contribution >= 0.6 is 11.8 Å². The molecule has 0 radical (unpaired) electrons. The average molecular weight is 330 g/mol. The van der Waals surface area contributed by atoms with Gasteiger partial charge in [-0.1, -0.05) is 6.92 Å². The van der Waals surface area contributed by atoms with E-state index < -0.39 is 0 Å². The molecule has 3 rings (SSSR count). The van der Waals surface area contributed by atoms with Gasteiger partial charge in [-0.15, -0.1) is 11.8 Å². The molecule has 0 amide bonds. The Morgan fingerprint density at radius 3 is 2.48 bits per heavy atom. The average Bonchev–Trinajstić information content (AvgIpc) is 3.41. The van der Waals surface area contributed by atoms with E-state index in [9.17, 15) is 0 Å². The summed E-state index contributed by atoms with van der Waals surface area (Å²) in [5.74, 6) is 1.66. The van der Waals surface area contributed by atoms with Crippen LogP contribution < -0.4 is 14.0 Å². The van der Waals surface area contributed by atoms with Crippen LogP contribution in [0.4, 0.5) is 0 Å². The quantitative estimate of drug-likeness (QED) is 0.583. The van der Waals surface area contributed by atoms with Crippen LogP contribution in [0.3, 0.4) is 0 Å². The normalized spacial score (nSPS) is 15.3. The fraction of sp³-hybridized carbons (Fsp3) is 0.421. The van der Waals surface area contributed by atoms with Gasteiger partial charge in [0.15, 0.2) is 11.7 Å². The smallest absolute Gasteiger partial charge is 0.217 e. The number of ether oxygens (including phenoxy) is 2. The van der Waals surface area contributed by atoms with Crippen molar-refractivity contribution in [2.45, 2.75) is 36.6 Å². The third-order valence-electron chi connectivity index (χ3n) is 4.84. The van der Waals surface area contributed by atoms with Crippen LogP contribution in [-0.2, 0) is 5.54 Å². The van der Waals surface area contributed by atoms with Crippen molar-refractivity contribution in [3.8, 4) is 22.8 Å². The van der Waals surface area contributed by atoms with Gasteiger partial charge in [-0.25, -0.2) is 0 Å². The van der Waals surface area contributed by atoms with Crippen molar-refractivity contribution < 1.29 is 14.0 Å². The summed E-state index contributed by atoms with van der Waals surface area (Å²) < 4.78 is 13.4. The Morgan fingerprint density at radius 2 is 1.91 bits per heavy atom. The van der Waals surface area contributed by atoms with Gasteiger partial charge in [0.05, 0.1) is 19.8 Å². The van der Waals surface area contributed by atoms with Crippen molar-refractivity contribution >= 4 is 11.8 Å². The van der Waals surface area contributed by atoms with E-state index in [0.29, 0.717) is 0 Å². The van der Waals surface area contributed by atoms with Crippen molar-refractivity contribution in [1.29, 1.82) is 0 Å². The van der Waals surface area contributed by atoms with Crippen LogP contribution in [0.5, 0.6) is 11.5 Å². The molecular formula is C19H24NO2S+. The van der Waals surface area contributed by atoms with Gasteiger partial charge in [0.25, 0.3) is 0 Å². The standard InChI is InChI=1S/C19H24NO2S/c1-5-19(9-10-19)20-11-8-15(23-4)13-17(20)16-7-6-14(21-2)12-18(16)22-3/h6-8,11-13H,5,9-10H2,1-4H3/q+1. The Kier molecular flexibility index (Phi) is 4.53. The summed E-state index contributed by atoms with van der Waals surface area (Å²) in [6.45, 7) is 2.28. The van der Waals surface area contributed by atoms with E-state index in [1.807, 2.05) is 12.1 Å². The molecule has 1 heterocycles. The maximum Gasteiger partial charge on any atom is 0.217 e. The lowest BCUT2D eigenvalue weighted by Gasteiger charge is -2.15.